The Kier molecular flexibility index (Phi) is 5.19. The summed E-state index contributed by atoms with van der Waals surface area (Å²) in [5.41, 5.74) is 10.00. The lowest BCUT2D eigenvalue weighted by molar-refractivity contribution is 0.670. The third-order valence-electron chi connectivity index (χ3n) is 9.19. The molecule has 10 aromatic rings. The van der Waals surface area contributed by atoms with E-state index >= 15 is 0 Å². The Morgan fingerprint density at radius 2 is 1.11 bits per heavy atom. The van der Waals surface area contributed by atoms with E-state index in [1.165, 1.54) is 53.1 Å². The Morgan fingerprint density at radius 1 is 0.422 bits per heavy atom. The molecule has 0 atom stereocenters. The molecule has 10 rings (SSSR count). The number of hydrogen-bond acceptors (Lipinski definition) is 2. The van der Waals surface area contributed by atoms with Crippen LogP contribution in [0.2, 0.25) is 0 Å². The number of furan rings is 1. The van der Waals surface area contributed by atoms with Crippen molar-refractivity contribution < 1.29 is 4.42 Å². The van der Waals surface area contributed by atoms with Crippen LogP contribution in [0, 0.1) is 0 Å². The van der Waals surface area contributed by atoms with Gasteiger partial charge in [-0.3, -0.25) is 0 Å². The molecule has 210 valence electrons. The molecule has 0 fully saturated rings. The molecule has 0 amide bonds. The molecule has 0 bridgehead atoms. The van der Waals surface area contributed by atoms with Crippen LogP contribution in [0.25, 0.3) is 91.9 Å². The first-order valence-electron chi connectivity index (χ1n) is 15.3. The van der Waals surface area contributed by atoms with E-state index in [2.05, 4.69) is 150 Å². The zero-order valence-corrected chi connectivity index (χ0v) is 25.0. The average molecular weight is 592 g/mol. The van der Waals surface area contributed by atoms with Crippen LogP contribution in [0.3, 0.4) is 0 Å². The monoisotopic (exact) mass is 591 g/mol. The number of fused-ring (bicyclic) bond motifs is 9. The molecule has 0 aliphatic carbocycles. The molecule has 3 heteroatoms. The first kappa shape index (κ1) is 24.8. The van der Waals surface area contributed by atoms with E-state index in [1.54, 1.807) is 0 Å². The fourth-order valence-electron chi connectivity index (χ4n) is 7.11. The topological polar surface area (TPSA) is 18.1 Å². The maximum atomic E-state index is 6.51. The minimum atomic E-state index is 0.905. The lowest BCUT2D eigenvalue weighted by Gasteiger charge is -2.12. The molecular weight excluding hydrogens is 567 g/mol. The smallest absolute Gasteiger partial charge is 0.143 e. The highest BCUT2D eigenvalue weighted by Gasteiger charge is 2.19. The SMILES string of the molecule is c1ccc(-c2cc(-n3c4ccccc4c4ccc(-c5ccc6sc7ccccc7c6c5)cc43)cc3c2oc2ccccc23)cc1. The van der Waals surface area contributed by atoms with Crippen LogP contribution in [0.15, 0.2) is 156 Å². The molecule has 45 heavy (non-hydrogen) atoms. The molecule has 7 aromatic carbocycles. The molecule has 0 N–H and O–H groups in total. The van der Waals surface area contributed by atoms with Gasteiger partial charge in [0, 0.05) is 53.0 Å². The predicted molar refractivity (Wildman–Crippen MR) is 192 cm³/mol. The van der Waals surface area contributed by atoms with Gasteiger partial charge in [0.2, 0.25) is 0 Å². The first-order valence-corrected chi connectivity index (χ1v) is 16.1. The second-order valence-corrected chi connectivity index (χ2v) is 12.8. The third kappa shape index (κ3) is 3.68. The van der Waals surface area contributed by atoms with E-state index in [0.717, 1.165) is 38.8 Å². The highest BCUT2D eigenvalue weighted by molar-refractivity contribution is 7.25. The highest BCUT2D eigenvalue weighted by atomic mass is 32.1. The quantitative estimate of drug-likeness (QED) is 0.200. The van der Waals surface area contributed by atoms with Crippen molar-refractivity contribution in [1.29, 1.82) is 0 Å². The Labute approximate surface area is 263 Å². The van der Waals surface area contributed by atoms with Crippen molar-refractivity contribution in [3.05, 3.63) is 152 Å². The fourth-order valence-corrected chi connectivity index (χ4v) is 8.19. The average Bonchev–Trinajstić information content (AvgIpc) is 3.77. The van der Waals surface area contributed by atoms with E-state index in [4.69, 9.17) is 4.42 Å². The van der Waals surface area contributed by atoms with Crippen molar-refractivity contribution in [3.63, 3.8) is 0 Å². The van der Waals surface area contributed by atoms with Crippen molar-refractivity contribution in [1.82, 2.24) is 4.57 Å². The van der Waals surface area contributed by atoms with Crippen molar-refractivity contribution >= 4 is 75.3 Å². The molecule has 0 unspecified atom stereocenters. The second kappa shape index (κ2) is 9.43. The van der Waals surface area contributed by atoms with Crippen LogP contribution in [-0.2, 0) is 0 Å². The van der Waals surface area contributed by atoms with Gasteiger partial charge in [0.05, 0.1) is 11.0 Å². The molecule has 0 radical (unpaired) electrons. The molecule has 3 heterocycles. The van der Waals surface area contributed by atoms with Gasteiger partial charge in [0.1, 0.15) is 11.2 Å². The Morgan fingerprint density at radius 3 is 2.02 bits per heavy atom. The van der Waals surface area contributed by atoms with Crippen molar-refractivity contribution in [2.45, 2.75) is 0 Å². The van der Waals surface area contributed by atoms with E-state index < -0.39 is 0 Å². The minimum absolute atomic E-state index is 0.905. The standard InChI is InChI=1S/C42H25NOS/c1-2-10-26(11-3-1)34-24-29(25-36-32-13-5-8-16-39(32)44-42(34)36)43-37-15-7-4-12-30(37)31-20-18-28(23-38(31)43)27-19-21-41-35(22-27)33-14-6-9-17-40(33)45-41/h1-25H. The molecule has 0 saturated carbocycles. The van der Waals surface area contributed by atoms with Crippen molar-refractivity contribution in [3.8, 4) is 27.9 Å². The van der Waals surface area contributed by atoms with Gasteiger partial charge in [-0.25, -0.2) is 0 Å². The maximum Gasteiger partial charge on any atom is 0.143 e. The first-order chi connectivity index (χ1) is 22.3. The van der Waals surface area contributed by atoms with Crippen molar-refractivity contribution in [2.24, 2.45) is 0 Å². The number of para-hydroxylation sites is 2. The zero-order valence-electron chi connectivity index (χ0n) is 24.2. The number of nitrogens with zero attached hydrogens (tertiary/aromatic N) is 1. The summed E-state index contributed by atoms with van der Waals surface area (Å²) in [5.74, 6) is 0. The normalized spacial score (nSPS) is 12.0. The van der Waals surface area contributed by atoms with E-state index in [9.17, 15) is 0 Å². The molecular formula is C42H25NOS. The van der Waals surface area contributed by atoms with Crippen LogP contribution < -0.4 is 0 Å². The van der Waals surface area contributed by atoms with E-state index in [-0.39, 0.29) is 0 Å². The summed E-state index contributed by atoms with van der Waals surface area (Å²) in [7, 11) is 0. The lowest BCUT2D eigenvalue weighted by atomic mass is 10.0. The van der Waals surface area contributed by atoms with E-state index in [0.29, 0.717) is 0 Å². The molecule has 3 aromatic heterocycles. The number of aromatic nitrogens is 1. The number of hydrogen-bond donors (Lipinski definition) is 0. The molecule has 0 saturated heterocycles. The van der Waals surface area contributed by atoms with Gasteiger partial charge >= 0.3 is 0 Å². The molecule has 0 aliphatic rings. The fraction of sp³-hybridized carbons (Fsp3) is 0. The van der Waals surface area contributed by atoms with Gasteiger partial charge < -0.3 is 8.98 Å². The number of thiophene rings is 1. The van der Waals surface area contributed by atoms with Crippen LogP contribution in [-0.4, -0.2) is 4.57 Å². The molecule has 0 aliphatic heterocycles. The maximum absolute atomic E-state index is 6.51. The second-order valence-electron chi connectivity index (χ2n) is 11.7. The summed E-state index contributed by atoms with van der Waals surface area (Å²) in [5, 5.41) is 7.39. The number of rotatable bonds is 3. The summed E-state index contributed by atoms with van der Waals surface area (Å²) in [4.78, 5) is 0. The zero-order chi connectivity index (χ0) is 29.5. The summed E-state index contributed by atoms with van der Waals surface area (Å²) >= 11 is 1.86. The Balaban J connectivity index is 1.27. The number of benzene rings is 7. The molecule has 0 spiro atoms. The van der Waals surface area contributed by atoms with Gasteiger partial charge in [0.25, 0.3) is 0 Å². The third-order valence-corrected chi connectivity index (χ3v) is 10.3. The van der Waals surface area contributed by atoms with Crippen LogP contribution in [0.1, 0.15) is 0 Å². The van der Waals surface area contributed by atoms with Crippen LogP contribution >= 0.6 is 11.3 Å². The highest BCUT2D eigenvalue weighted by Crippen LogP contribution is 2.42. The van der Waals surface area contributed by atoms with Gasteiger partial charge in [-0.2, -0.15) is 0 Å². The Bertz CT molecular complexity index is 2760. The minimum Gasteiger partial charge on any atom is -0.455 e. The Hall–Kier alpha value is -5.64. The summed E-state index contributed by atoms with van der Waals surface area (Å²) < 4.78 is 11.6. The predicted octanol–water partition coefficient (Wildman–Crippen LogP) is 12.4. The van der Waals surface area contributed by atoms with Gasteiger partial charge in [-0.15, -0.1) is 11.3 Å². The largest absolute Gasteiger partial charge is 0.455 e. The van der Waals surface area contributed by atoms with Crippen molar-refractivity contribution in [2.75, 3.05) is 0 Å². The van der Waals surface area contributed by atoms with Gasteiger partial charge in [0.15, 0.2) is 0 Å². The summed E-state index contributed by atoms with van der Waals surface area (Å²) in [6.07, 6.45) is 0. The summed E-state index contributed by atoms with van der Waals surface area (Å²) in [6, 6.07) is 54.8. The van der Waals surface area contributed by atoms with E-state index in [1.807, 2.05) is 17.4 Å². The van der Waals surface area contributed by atoms with Crippen LogP contribution in [0.5, 0.6) is 0 Å². The lowest BCUT2D eigenvalue weighted by Crippen LogP contribution is -1.95. The molecule has 2 nitrogen and oxygen atoms in total. The van der Waals surface area contributed by atoms with Crippen LogP contribution in [0.4, 0.5) is 0 Å². The van der Waals surface area contributed by atoms with Gasteiger partial charge in [-0.05, 0) is 65.2 Å². The summed E-state index contributed by atoms with van der Waals surface area (Å²) in [6.45, 7) is 0. The van der Waals surface area contributed by atoms with Gasteiger partial charge in [-0.1, -0.05) is 103 Å².